The lowest BCUT2D eigenvalue weighted by atomic mass is 9.81. The van der Waals surface area contributed by atoms with Gasteiger partial charge in [-0.15, -0.1) is 0 Å². The third kappa shape index (κ3) is 3.88. The van der Waals surface area contributed by atoms with E-state index in [0.717, 1.165) is 37.9 Å². The number of rotatable bonds is 3. The molecule has 2 unspecified atom stereocenters. The molecule has 2 aromatic rings. The molecule has 0 amide bonds. The SMILES string of the molecule is CN1CCC2(CC1)CC(c1ccccc1)NC(c1ccc([N+](=O)[O-])cc1)O2. The fourth-order valence-corrected chi connectivity index (χ4v) is 4.13. The highest BCUT2D eigenvalue weighted by Crippen LogP contribution is 2.43. The Kier molecular flexibility index (Phi) is 4.95. The number of nitrogens with one attached hydrogen (secondary N) is 1. The molecule has 0 bridgehead atoms. The summed E-state index contributed by atoms with van der Waals surface area (Å²) < 4.78 is 6.59. The molecule has 27 heavy (non-hydrogen) atoms. The molecular formula is C21H25N3O3. The van der Waals surface area contributed by atoms with Gasteiger partial charge in [-0.3, -0.25) is 15.4 Å². The number of ether oxygens (including phenoxy) is 1. The summed E-state index contributed by atoms with van der Waals surface area (Å²) in [6.45, 7) is 2.04. The van der Waals surface area contributed by atoms with Gasteiger partial charge in [-0.05, 0) is 49.6 Å². The molecule has 0 radical (unpaired) electrons. The van der Waals surface area contributed by atoms with Gasteiger partial charge in [0.15, 0.2) is 0 Å². The van der Waals surface area contributed by atoms with Gasteiger partial charge in [0.2, 0.25) is 0 Å². The van der Waals surface area contributed by atoms with E-state index in [9.17, 15) is 10.1 Å². The van der Waals surface area contributed by atoms with Gasteiger partial charge in [-0.25, -0.2) is 0 Å². The normalized spacial score (nSPS) is 25.4. The van der Waals surface area contributed by atoms with Crippen LogP contribution in [0, 0.1) is 10.1 Å². The second kappa shape index (κ2) is 7.38. The molecule has 2 aromatic carbocycles. The summed E-state index contributed by atoms with van der Waals surface area (Å²) in [5, 5.41) is 14.6. The van der Waals surface area contributed by atoms with Crippen molar-refractivity contribution in [2.45, 2.75) is 37.1 Å². The first-order chi connectivity index (χ1) is 13.0. The number of nitro benzene ring substituents is 1. The summed E-state index contributed by atoms with van der Waals surface area (Å²) in [7, 11) is 2.15. The van der Waals surface area contributed by atoms with E-state index in [1.807, 2.05) is 6.07 Å². The lowest BCUT2D eigenvalue weighted by Crippen LogP contribution is -2.53. The number of non-ortho nitro benzene ring substituents is 1. The molecule has 6 nitrogen and oxygen atoms in total. The van der Waals surface area contributed by atoms with Gasteiger partial charge in [0.1, 0.15) is 6.23 Å². The van der Waals surface area contributed by atoms with E-state index in [0.29, 0.717) is 0 Å². The molecule has 1 spiro atoms. The van der Waals surface area contributed by atoms with Crippen LogP contribution in [0.25, 0.3) is 0 Å². The van der Waals surface area contributed by atoms with Crippen molar-refractivity contribution in [2.75, 3.05) is 20.1 Å². The van der Waals surface area contributed by atoms with E-state index in [1.54, 1.807) is 24.3 Å². The summed E-state index contributed by atoms with van der Waals surface area (Å²) in [4.78, 5) is 12.9. The maximum Gasteiger partial charge on any atom is 0.269 e. The zero-order valence-electron chi connectivity index (χ0n) is 15.5. The summed E-state index contributed by atoms with van der Waals surface area (Å²) in [5.41, 5.74) is 2.12. The van der Waals surface area contributed by atoms with E-state index in [-0.39, 0.29) is 28.5 Å². The Balaban J connectivity index is 1.63. The molecule has 0 aliphatic carbocycles. The van der Waals surface area contributed by atoms with Crippen LogP contribution in [0.1, 0.15) is 42.7 Å². The van der Waals surface area contributed by atoms with Crippen LogP contribution < -0.4 is 5.32 Å². The van der Waals surface area contributed by atoms with Crippen LogP contribution in [0.15, 0.2) is 54.6 Å². The Morgan fingerprint density at radius 3 is 2.37 bits per heavy atom. The van der Waals surface area contributed by atoms with E-state index >= 15 is 0 Å². The topological polar surface area (TPSA) is 67.6 Å². The van der Waals surface area contributed by atoms with E-state index in [4.69, 9.17) is 4.74 Å². The maximum atomic E-state index is 11.0. The molecule has 4 rings (SSSR count). The molecular weight excluding hydrogens is 342 g/mol. The van der Waals surface area contributed by atoms with Gasteiger partial charge in [0.25, 0.3) is 5.69 Å². The molecule has 0 saturated carbocycles. The first-order valence-corrected chi connectivity index (χ1v) is 9.46. The van der Waals surface area contributed by atoms with Gasteiger partial charge in [-0.1, -0.05) is 30.3 Å². The maximum absolute atomic E-state index is 11.0. The lowest BCUT2D eigenvalue weighted by molar-refractivity contribution is -0.384. The molecule has 2 heterocycles. The Morgan fingerprint density at radius 1 is 1.07 bits per heavy atom. The third-order valence-corrected chi connectivity index (χ3v) is 5.80. The quantitative estimate of drug-likeness (QED) is 0.660. The molecule has 2 aliphatic rings. The van der Waals surface area contributed by atoms with Crippen LogP contribution >= 0.6 is 0 Å². The monoisotopic (exact) mass is 367 g/mol. The van der Waals surface area contributed by atoms with Crippen molar-refractivity contribution in [3.05, 3.63) is 75.8 Å². The smallest absolute Gasteiger partial charge is 0.269 e. The van der Waals surface area contributed by atoms with Crippen molar-refractivity contribution in [3.63, 3.8) is 0 Å². The minimum atomic E-state index is -0.371. The van der Waals surface area contributed by atoms with Crippen LogP contribution in [0.2, 0.25) is 0 Å². The Labute approximate surface area is 159 Å². The fraction of sp³-hybridized carbons (Fsp3) is 0.429. The van der Waals surface area contributed by atoms with Gasteiger partial charge in [0, 0.05) is 31.3 Å². The van der Waals surface area contributed by atoms with Crippen LogP contribution in [0.4, 0.5) is 5.69 Å². The number of hydrogen-bond acceptors (Lipinski definition) is 5. The van der Waals surface area contributed by atoms with Crippen molar-refractivity contribution in [1.82, 2.24) is 10.2 Å². The number of nitro groups is 1. The highest BCUT2D eigenvalue weighted by atomic mass is 16.6. The third-order valence-electron chi connectivity index (χ3n) is 5.80. The standard InChI is InChI=1S/C21H25N3O3/c1-23-13-11-21(12-14-23)15-19(16-5-3-2-4-6-16)22-20(27-21)17-7-9-18(10-8-17)24(25)26/h2-10,19-20,22H,11-15H2,1H3. The van der Waals surface area contributed by atoms with Gasteiger partial charge in [-0.2, -0.15) is 0 Å². The molecule has 2 saturated heterocycles. The van der Waals surface area contributed by atoms with Gasteiger partial charge >= 0.3 is 0 Å². The lowest BCUT2D eigenvalue weighted by Gasteiger charge is -2.49. The predicted molar refractivity (Wildman–Crippen MR) is 103 cm³/mol. The Hall–Kier alpha value is -2.28. The van der Waals surface area contributed by atoms with Crippen molar-refractivity contribution in [2.24, 2.45) is 0 Å². The Bertz CT molecular complexity index is 786. The molecule has 2 atom stereocenters. The molecule has 2 aliphatic heterocycles. The van der Waals surface area contributed by atoms with Crippen molar-refractivity contribution >= 4 is 5.69 Å². The zero-order valence-corrected chi connectivity index (χ0v) is 15.5. The second-order valence-corrected chi connectivity index (χ2v) is 7.67. The number of hydrogen-bond donors (Lipinski definition) is 1. The zero-order chi connectivity index (χ0) is 18.9. The van der Waals surface area contributed by atoms with Crippen LogP contribution in [-0.2, 0) is 4.74 Å². The van der Waals surface area contributed by atoms with Crippen LogP contribution in [0.3, 0.4) is 0 Å². The largest absolute Gasteiger partial charge is 0.352 e. The van der Waals surface area contributed by atoms with Gasteiger partial charge in [0.05, 0.1) is 10.5 Å². The summed E-state index contributed by atoms with van der Waals surface area (Å²) in [6.07, 6.45) is 2.66. The van der Waals surface area contributed by atoms with Gasteiger partial charge < -0.3 is 9.64 Å². The van der Waals surface area contributed by atoms with Crippen molar-refractivity contribution < 1.29 is 9.66 Å². The van der Waals surface area contributed by atoms with E-state index in [2.05, 4.69) is 41.5 Å². The summed E-state index contributed by atoms with van der Waals surface area (Å²) in [6, 6.07) is 17.4. The highest BCUT2D eigenvalue weighted by molar-refractivity contribution is 5.34. The first kappa shape index (κ1) is 18.1. The average Bonchev–Trinajstić information content (AvgIpc) is 2.71. The number of likely N-dealkylation sites (tertiary alicyclic amines) is 1. The molecule has 6 heteroatoms. The molecule has 0 aromatic heterocycles. The number of piperidine rings is 1. The van der Waals surface area contributed by atoms with Crippen LogP contribution in [-0.4, -0.2) is 35.6 Å². The van der Waals surface area contributed by atoms with E-state index in [1.165, 1.54) is 5.56 Å². The second-order valence-electron chi connectivity index (χ2n) is 7.67. The Morgan fingerprint density at radius 2 is 1.74 bits per heavy atom. The highest BCUT2D eigenvalue weighted by Gasteiger charge is 2.43. The van der Waals surface area contributed by atoms with Crippen molar-refractivity contribution in [1.29, 1.82) is 0 Å². The number of benzene rings is 2. The number of nitrogens with zero attached hydrogens (tertiary/aromatic N) is 2. The summed E-state index contributed by atoms with van der Waals surface area (Å²) >= 11 is 0. The molecule has 1 N–H and O–H groups in total. The minimum absolute atomic E-state index is 0.100. The molecule has 142 valence electrons. The van der Waals surface area contributed by atoms with E-state index < -0.39 is 0 Å². The average molecular weight is 367 g/mol. The summed E-state index contributed by atoms with van der Waals surface area (Å²) in [5.74, 6) is 0. The minimum Gasteiger partial charge on any atom is -0.352 e. The van der Waals surface area contributed by atoms with Crippen molar-refractivity contribution in [3.8, 4) is 0 Å². The predicted octanol–water partition coefficient (Wildman–Crippen LogP) is 3.81. The fourth-order valence-electron chi connectivity index (χ4n) is 4.13. The van der Waals surface area contributed by atoms with Crippen LogP contribution in [0.5, 0.6) is 0 Å². The molecule has 2 fully saturated rings. The first-order valence-electron chi connectivity index (χ1n) is 9.46.